The molecule has 2 amide bonds. The SMILES string of the molecule is CC(=O)N1CCOc2ccc(S(=O)(=O)NCC3CCC(C(=O)N[C@@H]4CCCC[C@H]4C)CC3)cc21. The predicted molar refractivity (Wildman–Crippen MR) is 130 cm³/mol. The van der Waals surface area contributed by atoms with Gasteiger partial charge < -0.3 is 15.0 Å². The van der Waals surface area contributed by atoms with Gasteiger partial charge in [0.15, 0.2) is 0 Å². The van der Waals surface area contributed by atoms with Crippen LogP contribution in [0.1, 0.15) is 65.2 Å². The van der Waals surface area contributed by atoms with Crippen LogP contribution in [0.5, 0.6) is 5.75 Å². The van der Waals surface area contributed by atoms with Crippen molar-refractivity contribution in [3.63, 3.8) is 0 Å². The largest absolute Gasteiger partial charge is 0.490 e. The number of amides is 2. The van der Waals surface area contributed by atoms with Crippen LogP contribution in [-0.2, 0) is 19.6 Å². The minimum atomic E-state index is -3.72. The van der Waals surface area contributed by atoms with Crippen LogP contribution in [0.2, 0.25) is 0 Å². The van der Waals surface area contributed by atoms with Crippen LogP contribution in [0, 0.1) is 17.8 Å². The summed E-state index contributed by atoms with van der Waals surface area (Å²) in [6, 6.07) is 4.92. The van der Waals surface area contributed by atoms with Crippen LogP contribution < -0.4 is 19.7 Å². The molecule has 1 aromatic carbocycles. The van der Waals surface area contributed by atoms with Gasteiger partial charge in [0.25, 0.3) is 0 Å². The smallest absolute Gasteiger partial charge is 0.240 e. The van der Waals surface area contributed by atoms with E-state index < -0.39 is 10.0 Å². The summed E-state index contributed by atoms with van der Waals surface area (Å²) in [6.07, 6.45) is 7.94. The summed E-state index contributed by atoms with van der Waals surface area (Å²) in [5, 5.41) is 3.28. The minimum absolute atomic E-state index is 0.0280. The zero-order valence-corrected chi connectivity index (χ0v) is 21.0. The molecule has 1 aromatic rings. The van der Waals surface area contributed by atoms with Gasteiger partial charge in [-0.2, -0.15) is 0 Å². The monoisotopic (exact) mass is 491 g/mol. The summed E-state index contributed by atoms with van der Waals surface area (Å²) >= 11 is 0. The van der Waals surface area contributed by atoms with E-state index in [1.807, 2.05) is 0 Å². The molecule has 188 valence electrons. The number of nitrogens with one attached hydrogen (secondary N) is 2. The van der Waals surface area contributed by atoms with Crippen LogP contribution in [0.4, 0.5) is 5.69 Å². The van der Waals surface area contributed by atoms with E-state index in [4.69, 9.17) is 4.74 Å². The predicted octanol–water partition coefficient (Wildman–Crippen LogP) is 3.21. The minimum Gasteiger partial charge on any atom is -0.490 e. The van der Waals surface area contributed by atoms with Gasteiger partial charge in [0.05, 0.1) is 17.1 Å². The Hall–Kier alpha value is -2.13. The number of carbonyl (C=O) groups is 2. The van der Waals surface area contributed by atoms with Crippen molar-refractivity contribution < 1.29 is 22.7 Å². The van der Waals surface area contributed by atoms with Crippen molar-refractivity contribution in [2.45, 2.75) is 76.2 Å². The van der Waals surface area contributed by atoms with Crippen LogP contribution in [0.15, 0.2) is 23.1 Å². The Morgan fingerprint density at radius 2 is 1.82 bits per heavy atom. The van der Waals surface area contributed by atoms with Gasteiger partial charge in [0, 0.05) is 25.4 Å². The Bertz CT molecular complexity index is 1000. The van der Waals surface area contributed by atoms with Gasteiger partial charge in [-0.25, -0.2) is 13.1 Å². The average molecular weight is 492 g/mol. The van der Waals surface area contributed by atoms with Crippen molar-refractivity contribution in [1.29, 1.82) is 0 Å². The molecule has 1 aliphatic heterocycles. The fourth-order valence-corrected chi connectivity index (χ4v) is 6.60. The maximum Gasteiger partial charge on any atom is 0.240 e. The molecule has 3 aliphatic rings. The third-order valence-electron chi connectivity index (χ3n) is 7.70. The maximum absolute atomic E-state index is 12.9. The highest BCUT2D eigenvalue weighted by Crippen LogP contribution is 2.34. The van der Waals surface area contributed by atoms with Gasteiger partial charge in [-0.15, -0.1) is 0 Å². The van der Waals surface area contributed by atoms with Gasteiger partial charge in [0.2, 0.25) is 21.8 Å². The molecule has 0 bridgehead atoms. The van der Waals surface area contributed by atoms with Gasteiger partial charge >= 0.3 is 0 Å². The summed E-state index contributed by atoms with van der Waals surface area (Å²) in [7, 11) is -3.72. The van der Waals surface area contributed by atoms with Gasteiger partial charge in [-0.1, -0.05) is 19.8 Å². The Morgan fingerprint density at radius 3 is 2.53 bits per heavy atom. The number of hydrogen-bond donors (Lipinski definition) is 2. The topological polar surface area (TPSA) is 105 Å². The number of benzene rings is 1. The summed E-state index contributed by atoms with van der Waals surface area (Å²) in [6.45, 7) is 4.81. The van der Waals surface area contributed by atoms with E-state index in [-0.39, 0.29) is 28.5 Å². The lowest BCUT2D eigenvalue weighted by Crippen LogP contribution is -2.44. The number of ether oxygens (including phenoxy) is 1. The Kier molecular flexibility index (Phi) is 7.82. The molecular formula is C25H37N3O5S. The fraction of sp³-hybridized carbons (Fsp3) is 0.680. The maximum atomic E-state index is 12.9. The highest BCUT2D eigenvalue weighted by molar-refractivity contribution is 7.89. The molecule has 0 spiro atoms. The molecule has 2 fully saturated rings. The second-order valence-electron chi connectivity index (χ2n) is 10.1. The molecule has 9 heteroatoms. The molecule has 2 N–H and O–H groups in total. The third kappa shape index (κ3) is 5.74. The number of fused-ring (bicyclic) bond motifs is 1. The molecule has 2 aliphatic carbocycles. The van der Waals surface area contributed by atoms with Crippen LogP contribution in [0.3, 0.4) is 0 Å². The standard InChI is InChI=1S/C25H37N3O5S/c1-17-5-3-4-6-22(17)27-25(30)20-9-7-19(8-10-20)16-26-34(31,32)21-11-12-24-23(15-21)28(18(2)29)13-14-33-24/h11-12,15,17,19-20,22,26H,3-10,13-14,16H2,1-2H3,(H,27,30)/t17-,19?,20?,22-/m1/s1. The van der Waals surface area contributed by atoms with Crippen molar-refractivity contribution in [2.24, 2.45) is 17.8 Å². The molecule has 0 aromatic heterocycles. The second-order valence-corrected chi connectivity index (χ2v) is 11.9. The first-order valence-corrected chi connectivity index (χ1v) is 14.1. The summed E-state index contributed by atoms with van der Waals surface area (Å²) in [5.41, 5.74) is 0.487. The number of hydrogen-bond acceptors (Lipinski definition) is 5. The highest BCUT2D eigenvalue weighted by atomic mass is 32.2. The zero-order valence-electron chi connectivity index (χ0n) is 20.2. The normalized spacial score (nSPS) is 27.4. The van der Waals surface area contributed by atoms with Crippen molar-refractivity contribution in [3.8, 4) is 5.75 Å². The molecule has 1 heterocycles. The summed E-state index contributed by atoms with van der Waals surface area (Å²) < 4.78 is 34.2. The third-order valence-corrected chi connectivity index (χ3v) is 9.12. The first-order chi connectivity index (χ1) is 16.2. The van der Waals surface area contributed by atoms with E-state index in [9.17, 15) is 18.0 Å². The Balaban J connectivity index is 1.29. The van der Waals surface area contributed by atoms with Crippen LogP contribution >= 0.6 is 0 Å². The lowest BCUT2D eigenvalue weighted by Gasteiger charge is -2.33. The van der Waals surface area contributed by atoms with E-state index in [1.54, 1.807) is 6.07 Å². The summed E-state index contributed by atoms with van der Waals surface area (Å²) in [5.74, 6) is 1.32. The van der Waals surface area contributed by atoms with Gasteiger partial charge in [-0.3, -0.25) is 9.59 Å². The highest BCUT2D eigenvalue weighted by Gasteiger charge is 2.31. The lowest BCUT2D eigenvalue weighted by atomic mass is 9.80. The number of carbonyl (C=O) groups excluding carboxylic acids is 2. The first kappa shape index (κ1) is 25.0. The summed E-state index contributed by atoms with van der Waals surface area (Å²) in [4.78, 5) is 26.3. The van der Waals surface area contributed by atoms with Gasteiger partial charge in [-0.05, 0) is 68.6 Å². The second kappa shape index (κ2) is 10.6. The zero-order chi connectivity index (χ0) is 24.3. The Labute approximate surface area is 202 Å². The van der Waals surface area contributed by atoms with Crippen molar-refractivity contribution in [3.05, 3.63) is 18.2 Å². The molecule has 34 heavy (non-hydrogen) atoms. The molecule has 0 radical (unpaired) electrons. The molecule has 0 saturated heterocycles. The van der Waals surface area contributed by atoms with E-state index in [1.165, 1.54) is 43.2 Å². The lowest BCUT2D eigenvalue weighted by molar-refractivity contribution is -0.127. The van der Waals surface area contributed by atoms with E-state index in [0.29, 0.717) is 43.1 Å². The molecule has 2 saturated carbocycles. The Morgan fingerprint density at radius 1 is 1.09 bits per heavy atom. The van der Waals surface area contributed by atoms with E-state index in [0.717, 1.165) is 32.1 Å². The number of sulfonamides is 1. The van der Waals surface area contributed by atoms with Gasteiger partial charge in [0.1, 0.15) is 12.4 Å². The van der Waals surface area contributed by atoms with Crippen LogP contribution in [-0.4, -0.2) is 46.0 Å². The quantitative estimate of drug-likeness (QED) is 0.636. The molecular weight excluding hydrogens is 454 g/mol. The van der Waals surface area contributed by atoms with E-state index >= 15 is 0 Å². The van der Waals surface area contributed by atoms with Crippen LogP contribution in [0.25, 0.3) is 0 Å². The average Bonchev–Trinajstić information content (AvgIpc) is 2.83. The number of anilines is 1. The number of rotatable bonds is 6. The molecule has 0 unspecified atom stereocenters. The van der Waals surface area contributed by atoms with E-state index in [2.05, 4.69) is 17.0 Å². The fourth-order valence-electron chi connectivity index (χ4n) is 5.46. The van der Waals surface area contributed by atoms with Crippen molar-refractivity contribution in [2.75, 3.05) is 24.6 Å². The van der Waals surface area contributed by atoms with Crippen molar-refractivity contribution >= 4 is 27.5 Å². The number of nitrogens with zero attached hydrogens (tertiary/aromatic N) is 1. The first-order valence-electron chi connectivity index (χ1n) is 12.6. The van der Waals surface area contributed by atoms with Crippen molar-refractivity contribution in [1.82, 2.24) is 10.0 Å². The molecule has 2 atom stereocenters. The molecule has 4 rings (SSSR count). The molecule has 8 nitrogen and oxygen atoms in total.